The topological polar surface area (TPSA) is 89.6 Å². The molecule has 0 radical (unpaired) electrons. The van der Waals surface area contributed by atoms with Crippen LogP contribution in [0.3, 0.4) is 0 Å². The average Bonchev–Trinajstić information content (AvgIpc) is 2.62. The summed E-state index contributed by atoms with van der Waals surface area (Å²) in [4.78, 5) is 3.88. The fourth-order valence-corrected chi connectivity index (χ4v) is 2.72. The molecule has 1 aromatic heterocycles. The molecule has 0 aliphatic rings. The molecule has 0 spiro atoms. The zero-order valence-corrected chi connectivity index (χ0v) is 16.1. The van der Waals surface area contributed by atoms with Gasteiger partial charge in [0.05, 0.1) is 19.1 Å². The summed E-state index contributed by atoms with van der Waals surface area (Å²) in [5.41, 5.74) is 1.93. The summed E-state index contributed by atoms with van der Waals surface area (Å²) in [6.07, 6.45) is 1.96. The summed E-state index contributed by atoms with van der Waals surface area (Å²) in [5.74, 6) is -0.0815. The second-order valence-electron chi connectivity index (χ2n) is 6.05. The molecular formula is C18H24FN3O4S. The van der Waals surface area contributed by atoms with Crippen molar-refractivity contribution < 1.29 is 22.3 Å². The standard InChI is InChI=1S/C18H24FN3O4S/c1-25-13-17(26-18-8-7-16(19)11-21-18)12-20-9-14-3-5-15(6-4-14)10-22-27(2,23)24/h3-8,11,17,20,22H,9-10,12-13H2,1-2H3. The molecule has 0 bridgehead atoms. The number of hydrogen-bond donors (Lipinski definition) is 2. The monoisotopic (exact) mass is 397 g/mol. The van der Waals surface area contributed by atoms with E-state index in [-0.39, 0.29) is 12.6 Å². The third-order valence-corrected chi connectivity index (χ3v) is 4.27. The van der Waals surface area contributed by atoms with Crippen molar-refractivity contribution in [2.75, 3.05) is 26.5 Å². The number of halogens is 1. The lowest BCUT2D eigenvalue weighted by Crippen LogP contribution is -2.34. The quantitative estimate of drug-likeness (QED) is 0.597. The second-order valence-corrected chi connectivity index (χ2v) is 7.88. The van der Waals surface area contributed by atoms with E-state index in [0.717, 1.165) is 23.6 Å². The molecule has 148 valence electrons. The van der Waals surface area contributed by atoms with Crippen LogP contribution in [0.15, 0.2) is 42.6 Å². The van der Waals surface area contributed by atoms with E-state index in [0.29, 0.717) is 25.6 Å². The molecule has 7 nitrogen and oxygen atoms in total. The molecule has 1 aromatic carbocycles. The minimum Gasteiger partial charge on any atom is -0.471 e. The van der Waals surface area contributed by atoms with Gasteiger partial charge in [-0.05, 0) is 17.2 Å². The number of sulfonamides is 1. The van der Waals surface area contributed by atoms with E-state index >= 15 is 0 Å². The highest BCUT2D eigenvalue weighted by atomic mass is 32.2. The molecule has 1 heterocycles. The summed E-state index contributed by atoms with van der Waals surface area (Å²) >= 11 is 0. The predicted octanol–water partition coefficient (Wildman–Crippen LogP) is 1.45. The summed E-state index contributed by atoms with van der Waals surface area (Å²) in [6, 6.07) is 10.4. The van der Waals surface area contributed by atoms with Gasteiger partial charge in [-0.1, -0.05) is 24.3 Å². The number of nitrogens with zero attached hydrogens (tertiary/aromatic N) is 1. The lowest BCUT2D eigenvalue weighted by atomic mass is 10.1. The fraction of sp³-hybridized carbons (Fsp3) is 0.389. The Bertz CT molecular complexity index is 798. The Hall–Kier alpha value is -2.07. The van der Waals surface area contributed by atoms with Gasteiger partial charge in [-0.25, -0.2) is 22.5 Å². The van der Waals surface area contributed by atoms with Gasteiger partial charge in [-0.3, -0.25) is 0 Å². The Kier molecular flexibility index (Phi) is 8.11. The van der Waals surface area contributed by atoms with Gasteiger partial charge in [0.15, 0.2) is 0 Å². The molecule has 2 N–H and O–H groups in total. The van der Waals surface area contributed by atoms with Crippen molar-refractivity contribution in [2.45, 2.75) is 19.2 Å². The van der Waals surface area contributed by atoms with Crippen LogP contribution in [-0.2, 0) is 27.8 Å². The number of hydrogen-bond acceptors (Lipinski definition) is 6. The van der Waals surface area contributed by atoms with Crippen molar-refractivity contribution in [1.82, 2.24) is 15.0 Å². The minimum absolute atomic E-state index is 0.265. The Morgan fingerprint density at radius 3 is 2.33 bits per heavy atom. The molecule has 0 saturated carbocycles. The van der Waals surface area contributed by atoms with Gasteiger partial charge in [0.1, 0.15) is 11.9 Å². The van der Waals surface area contributed by atoms with Gasteiger partial charge in [0.25, 0.3) is 0 Å². The lowest BCUT2D eigenvalue weighted by Gasteiger charge is -2.18. The first-order valence-corrected chi connectivity index (χ1v) is 10.2. The van der Waals surface area contributed by atoms with Crippen molar-refractivity contribution in [3.8, 4) is 5.88 Å². The molecular weight excluding hydrogens is 373 g/mol. The van der Waals surface area contributed by atoms with Crippen LogP contribution in [0.1, 0.15) is 11.1 Å². The largest absolute Gasteiger partial charge is 0.471 e. The van der Waals surface area contributed by atoms with Crippen molar-refractivity contribution in [2.24, 2.45) is 0 Å². The second kappa shape index (κ2) is 10.3. The maximum absolute atomic E-state index is 12.9. The fourth-order valence-electron chi connectivity index (χ4n) is 2.29. The number of ether oxygens (including phenoxy) is 2. The third-order valence-electron chi connectivity index (χ3n) is 3.60. The van der Waals surface area contributed by atoms with Crippen molar-refractivity contribution in [3.63, 3.8) is 0 Å². The van der Waals surface area contributed by atoms with Crippen LogP contribution in [0.4, 0.5) is 4.39 Å². The van der Waals surface area contributed by atoms with Gasteiger partial charge in [0.2, 0.25) is 15.9 Å². The third kappa shape index (κ3) is 8.44. The summed E-state index contributed by atoms with van der Waals surface area (Å²) in [6.45, 7) is 1.76. The Balaban J connectivity index is 1.80. The van der Waals surface area contributed by atoms with Crippen molar-refractivity contribution >= 4 is 10.0 Å². The maximum Gasteiger partial charge on any atom is 0.213 e. The highest BCUT2D eigenvalue weighted by molar-refractivity contribution is 7.88. The number of benzene rings is 1. The van der Waals surface area contributed by atoms with Crippen LogP contribution in [0.5, 0.6) is 5.88 Å². The SMILES string of the molecule is COCC(CNCc1ccc(CNS(C)(=O)=O)cc1)Oc1ccc(F)cn1. The number of methoxy groups -OCH3 is 1. The van der Waals surface area contributed by atoms with Gasteiger partial charge in [-0.2, -0.15) is 0 Å². The van der Waals surface area contributed by atoms with Crippen LogP contribution >= 0.6 is 0 Å². The predicted molar refractivity (Wildman–Crippen MR) is 100 cm³/mol. The van der Waals surface area contributed by atoms with E-state index in [4.69, 9.17) is 9.47 Å². The van der Waals surface area contributed by atoms with E-state index in [1.807, 2.05) is 24.3 Å². The zero-order chi connectivity index (χ0) is 19.7. The molecule has 9 heteroatoms. The molecule has 1 unspecified atom stereocenters. The van der Waals surface area contributed by atoms with E-state index in [1.165, 1.54) is 12.1 Å². The maximum atomic E-state index is 12.9. The summed E-state index contributed by atoms with van der Waals surface area (Å²) < 4.78 is 48.4. The molecule has 1 atom stereocenters. The number of aromatic nitrogens is 1. The van der Waals surface area contributed by atoms with Crippen LogP contribution in [0.25, 0.3) is 0 Å². The smallest absolute Gasteiger partial charge is 0.213 e. The molecule has 0 amide bonds. The highest BCUT2D eigenvalue weighted by Gasteiger charge is 2.11. The minimum atomic E-state index is -3.20. The van der Waals surface area contributed by atoms with Crippen LogP contribution in [0, 0.1) is 5.82 Å². The molecule has 27 heavy (non-hydrogen) atoms. The highest BCUT2D eigenvalue weighted by Crippen LogP contribution is 2.09. The molecule has 0 fully saturated rings. The summed E-state index contributed by atoms with van der Waals surface area (Å²) in [7, 11) is -1.62. The van der Waals surface area contributed by atoms with Crippen molar-refractivity contribution in [3.05, 3.63) is 59.5 Å². The molecule has 0 saturated heterocycles. The molecule has 2 aromatic rings. The Labute approximate surface area is 159 Å². The van der Waals surface area contributed by atoms with E-state index in [9.17, 15) is 12.8 Å². The molecule has 0 aliphatic heterocycles. The first-order chi connectivity index (χ1) is 12.9. The van der Waals surface area contributed by atoms with E-state index in [2.05, 4.69) is 15.0 Å². The average molecular weight is 397 g/mol. The lowest BCUT2D eigenvalue weighted by molar-refractivity contribution is 0.0772. The van der Waals surface area contributed by atoms with Crippen molar-refractivity contribution in [1.29, 1.82) is 0 Å². The molecule has 2 rings (SSSR count). The van der Waals surface area contributed by atoms with E-state index < -0.39 is 15.8 Å². The van der Waals surface area contributed by atoms with Gasteiger partial charge in [0, 0.05) is 32.8 Å². The molecule has 0 aliphatic carbocycles. The number of nitrogens with one attached hydrogen (secondary N) is 2. The van der Waals surface area contributed by atoms with E-state index in [1.54, 1.807) is 7.11 Å². The summed E-state index contributed by atoms with van der Waals surface area (Å²) in [5, 5.41) is 3.28. The normalized spacial score (nSPS) is 12.7. The Morgan fingerprint density at radius 2 is 1.78 bits per heavy atom. The number of pyridine rings is 1. The van der Waals surface area contributed by atoms with Gasteiger partial charge < -0.3 is 14.8 Å². The van der Waals surface area contributed by atoms with Crippen LogP contribution in [-0.4, -0.2) is 46.0 Å². The van der Waals surface area contributed by atoms with Gasteiger partial charge in [-0.15, -0.1) is 0 Å². The first-order valence-electron chi connectivity index (χ1n) is 8.36. The zero-order valence-electron chi connectivity index (χ0n) is 15.3. The number of rotatable bonds is 11. The first kappa shape index (κ1) is 21.2. The van der Waals surface area contributed by atoms with Crippen LogP contribution < -0.4 is 14.8 Å². The van der Waals surface area contributed by atoms with Gasteiger partial charge >= 0.3 is 0 Å². The Morgan fingerprint density at radius 1 is 1.11 bits per heavy atom. The van der Waals surface area contributed by atoms with Crippen LogP contribution in [0.2, 0.25) is 0 Å².